The van der Waals surface area contributed by atoms with Crippen LogP contribution in [0.1, 0.15) is 52.8 Å². The van der Waals surface area contributed by atoms with Crippen molar-refractivity contribution < 1.29 is 76.1 Å². The third-order valence-corrected chi connectivity index (χ3v) is 6.94. The van der Waals surface area contributed by atoms with Crippen LogP contribution in [-0.4, -0.2) is 144 Å². The van der Waals surface area contributed by atoms with Gasteiger partial charge in [0.1, 0.15) is 32.0 Å². The van der Waals surface area contributed by atoms with Crippen molar-refractivity contribution in [1.29, 1.82) is 0 Å². The maximum atomic E-state index is 13.0. The number of methoxy groups -OCH3 is 5. The number of hydrogen-bond acceptors (Lipinski definition) is 16. The third kappa shape index (κ3) is 19.5. The van der Waals surface area contributed by atoms with Crippen molar-refractivity contribution >= 4 is 29.8 Å². The van der Waals surface area contributed by atoms with Crippen molar-refractivity contribution in [3.05, 3.63) is 35.4 Å². The minimum absolute atomic E-state index is 0.00472. The monoisotopic (exact) mass is 716 g/mol. The average molecular weight is 717 g/mol. The summed E-state index contributed by atoms with van der Waals surface area (Å²) in [5.41, 5.74) is 0.0409. The first-order valence-electron chi connectivity index (χ1n) is 16.2. The molecule has 0 aliphatic rings. The van der Waals surface area contributed by atoms with Crippen molar-refractivity contribution in [3.63, 3.8) is 0 Å². The number of carbonyl (C=O) groups excluding carboxylic acids is 5. The molecule has 0 heterocycles. The molecule has 0 radical (unpaired) electrons. The smallest absolute Gasteiger partial charge is 0.339 e. The van der Waals surface area contributed by atoms with Crippen molar-refractivity contribution in [3.8, 4) is 0 Å². The summed E-state index contributed by atoms with van der Waals surface area (Å²) < 4.78 is 57.1. The molecule has 1 aromatic carbocycles. The van der Waals surface area contributed by atoms with Gasteiger partial charge in [0.2, 0.25) is 0 Å². The van der Waals surface area contributed by atoms with E-state index in [9.17, 15) is 24.0 Å². The molecule has 3 unspecified atom stereocenters. The summed E-state index contributed by atoms with van der Waals surface area (Å²) in [6, 6.07) is 5.98. The van der Waals surface area contributed by atoms with Gasteiger partial charge >= 0.3 is 29.8 Å². The Balaban J connectivity index is 2.60. The van der Waals surface area contributed by atoms with Crippen molar-refractivity contribution in [2.45, 2.75) is 44.3 Å². The molecule has 284 valence electrons. The third-order valence-electron chi connectivity index (χ3n) is 6.94. The zero-order valence-corrected chi connectivity index (χ0v) is 29.7. The summed E-state index contributed by atoms with van der Waals surface area (Å²) in [5.74, 6) is -3.91. The maximum absolute atomic E-state index is 13.0. The molecule has 0 spiro atoms. The Morgan fingerprint density at radius 2 is 1.18 bits per heavy atom. The quantitative estimate of drug-likeness (QED) is 0.0666. The zero-order valence-electron chi connectivity index (χ0n) is 29.7. The normalized spacial score (nSPS) is 12.7. The number of ether oxygens (including phenoxy) is 11. The Labute approximate surface area is 293 Å². The second kappa shape index (κ2) is 28.1. The molecule has 50 heavy (non-hydrogen) atoms. The van der Waals surface area contributed by atoms with E-state index in [0.717, 1.165) is 0 Å². The Hall–Kier alpha value is -3.67. The van der Waals surface area contributed by atoms with Crippen molar-refractivity contribution in [2.24, 2.45) is 5.92 Å². The van der Waals surface area contributed by atoms with Gasteiger partial charge in [-0.05, 0) is 31.4 Å². The van der Waals surface area contributed by atoms with E-state index in [1.54, 1.807) is 26.4 Å². The highest BCUT2D eigenvalue weighted by Gasteiger charge is 2.24. The molecule has 0 amide bonds. The molecule has 0 fully saturated rings. The van der Waals surface area contributed by atoms with Crippen LogP contribution in [0.4, 0.5) is 0 Å². The first-order valence-corrected chi connectivity index (χ1v) is 16.2. The summed E-state index contributed by atoms with van der Waals surface area (Å²) >= 11 is 0. The highest BCUT2D eigenvalue weighted by Crippen LogP contribution is 2.19. The van der Waals surface area contributed by atoms with Gasteiger partial charge in [-0.1, -0.05) is 12.1 Å². The second-order valence-corrected chi connectivity index (χ2v) is 10.7. The Bertz CT molecular complexity index is 1130. The van der Waals surface area contributed by atoms with Gasteiger partial charge in [0.05, 0.1) is 70.4 Å². The highest BCUT2D eigenvalue weighted by molar-refractivity contribution is 6.03. The minimum Gasteiger partial charge on any atom is -0.465 e. The van der Waals surface area contributed by atoms with Crippen molar-refractivity contribution in [2.75, 3.05) is 102 Å². The Kier molecular flexibility index (Phi) is 24.9. The van der Waals surface area contributed by atoms with Crippen LogP contribution >= 0.6 is 0 Å². The van der Waals surface area contributed by atoms with Crippen LogP contribution < -0.4 is 0 Å². The molecule has 0 aliphatic carbocycles. The van der Waals surface area contributed by atoms with E-state index < -0.39 is 41.9 Å². The molecular weight excluding hydrogens is 664 g/mol. The maximum Gasteiger partial charge on any atom is 0.339 e. The molecule has 0 saturated heterocycles. The predicted molar refractivity (Wildman–Crippen MR) is 174 cm³/mol. The Morgan fingerprint density at radius 3 is 1.80 bits per heavy atom. The topological polar surface area (TPSA) is 187 Å². The van der Waals surface area contributed by atoms with Gasteiger partial charge in [-0.2, -0.15) is 0 Å². The number of esters is 5. The van der Waals surface area contributed by atoms with Crippen LogP contribution in [-0.2, 0) is 66.5 Å². The average Bonchev–Trinajstić information content (AvgIpc) is 3.11. The van der Waals surface area contributed by atoms with E-state index in [0.29, 0.717) is 19.8 Å². The molecular formula is C34H52O16. The lowest BCUT2D eigenvalue weighted by molar-refractivity contribution is -0.157. The summed E-state index contributed by atoms with van der Waals surface area (Å²) in [4.78, 5) is 62.2. The van der Waals surface area contributed by atoms with Crippen LogP contribution in [0.3, 0.4) is 0 Å². The van der Waals surface area contributed by atoms with E-state index in [2.05, 4.69) is 0 Å². The van der Waals surface area contributed by atoms with Gasteiger partial charge in [0.25, 0.3) is 0 Å². The molecule has 1 rings (SSSR count). The van der Waals surface area contributed by atoms with Crippen LogP contribution in [0.25, 0.3) is 0 Å². The highest BCUT2D eigenvalue weighted by atomic mass is 16.6. The Morgan fingerprint density at radius 1 is 0.580 bits per heavy atom. The van der Waals surface area contributed by atoms with Crippen LogP contribution in [0.2, 0.25) is 0 Å². The SMILES string of the molecule is COCCOC(=O)CCC(CCCC(=O)OC(COC)COCCOCC(COC)OC)C(=O)OCCOC(=O)c1ccccc1C(=O)OC. The fourth-order valence-corrected chi connectivity index (χ4v) is 4.36. The van der Waals surface area contributed by atoms with Crippen LogP contribution in [0.5, 0.6) is 0 Å². The summed E-state index contributed by atoms with van der Waals surface area (Å²) in [6.45, 7) is 1.27. The molecule has 16 heteroatoms. The van der Waals surface area contributed by atoms with Gasteiger partial charge in [-0.3, -0.25) is 14.4 Å². The molecule has 16 nitrogen and oxygen atoms in total. The van der Waals surface area contributed by atoms with Gasteiger partial charge < -0.3 is 52.1 Å². The first-order chi connectivity index (χ1) is 24.2. The number of rotatable bonds is 29. The summed E-state index contributed by atoms with van der Waals surface area (Å²) in [6.07, 6.45) is -0.356. The predicted octanol–water partition coefficient (Wildman–Crippen LogP) is 2.18. The second-order valence-electron chi connectivity index (χ2n) is 10.7. The summed E-state index contributed by atoms with van der Waals surface area (Å²) in [5, 5.41) is 0. The lowest BCUT2D eigenvalue weighted by Gasteiger charge is -2.19. The van der Waals surface area contributed by atoms with Gasteiger partial charge in [0.15, 0.2) is 0 Å². The van der Waals surface area contributed by atoms with E-state index in [1.165, 1.54) is 33.5 Å². The zero-order chi connectivity index (χ0) is 37.0. The van der Waals surface area contributed by atoms with E-state index in [1.807, 2.05) is 0 Å². The van der Waals surface area contributed by atoms with E-state index in [-0.39, 0.29) is 95.6 Å². The molecule has 0 bridgehead atoms. The number of carbonyl (C=O) groups is 5. The fraction of sp³-hybridized carbons (Fsp3) is 0.676. The molecule has 0 aromatic heterocycles. The minimum atomic E-state index is -0.792. The molecule has 0 aliphatic heterocycles. The molecule has 1 aromatic rings. The first kappa shape index (κ1) is 44.4. The van der Waals surface area contributed by atoms with Crippen LogP contribution in [0, 0.1) is 5.92 Å². The number of benzene rings is 1. The van der Waals surface area contributed by atoms with Crippen molar-refractivity contribution in [1.82, 2.24) is 0 Å². The largest absolute Gasteiger partial charge is 0.465 e. The van der Waals surface area contributed by atoms with E-state index in [4.69, 9.17) is 52.1 Å². The standard InChI is InChI=1S/C34H52O16/c1-40-15-18-47-30(35)14-13-25(32(37)48-19-20-49-34(39)29-11-7-6-10-28(29)33(38)44-5)9-8-12-31(36)50-27(22-42-3)24-46-17-16-45-23-26(43-4)21-41-2/h6-7,10-11,25-27H,8-9,12-24H2,1-5H3. The van der Waals surface area contributed by atoms with Gasteiger partial charge in [-0.15, -0.1) is 0 Å². The van der Waals surface area contributed by atoms with Gasteiger partial charge in [0, 0.05) is 41.3 Å². The lowest BCUT2D eigenvalue weighted by Crippen LogP contribution is -2.29. The van der Waals surface area contributed by atoms with Gasteiger partial charge in [-0.25, -0.2) is 9.59 Å². The van der Waals surface area contributed by atoms with E-state index >= 15 is 0 Å². The van der Waals surface area contributed by atoms with Crippen LogP contribution in [0.15, 0.2) is 24.3 Å². The summed E-state index contributed by atoms with van der Waals surface area (Å²) in [7, 11) is 7.29. The fourth-order valence-electron chi connectivity index (χ4n) is 4.36. The lowest BCUT2D eigenvalue weighted by atomic mass is 9.96. The molecule has 3 atom stereocenters. The number of hydrogen-bond donors (Lipinski definition) is 0. The molecule has 0 saturated carbocycles. The molecule has 0 N–H and O–H groups in total.